The second kappa shape index (κ2) is 8.73. The van der Waals surface area contributed by atoms with Crippen LogP contribution in [0.4, 0.5) is 0 Å². The first kappa shape index (κ1) is 18.4. The number of halogens is 1. The fraction of sp³-hybridized carbons (Fsp3) is 0.533. The Bertz CT molecular complexity index is 496. The summed E-state index contributed by atoms with van der Waals surface area (Å²) in [4.78, 5) is 7.47. The van der Waals surface area contributed by atoms with Crippen LogP contribution in [0, 0.1) is 5.92 Å². The molecule has 1 unspecified atom stereocenters. The van der Waals surface area contributed by atoms with Gasteiger partial charge >= 0.3 is 0 Å². The number of rotatable bonds is 3. The summed E-state index contributed by atoms with van der Waals surface area (Å²) in [7, 11) is -0.926. The molecule has 6 heteroatoms. The van der Waals surface area contributed by atoms with Crippen LogP contribution >= 0.6 is 24.0 Å². The Morgan fingerprint density at radius 3 is 2.43 bits per heavy atom. The molecule has 0 spiro atoms. The van der Waals surface area contributed by atoms with Gasteiger partial charge in [0.2, 0.25) is 0 Å². The van der Waals surface area contributed by atoms with E-state index < -0.39 is 10.8 Å². The number of hydrogen-bond acceptors (Lipinski definition) is 2. The van der Waals surface area contributed by atoms with Crippen LogP contribution in [0.1, 0.15) is 25.3 Å². The zero-order valence-corrected chi connectivity index (χ0v) is 15.8. The molecule has 1 aliphatic rings. The van der Waals surface area contributed by atoms with Crippen molar-refractivity contribution in [1.29, 1.82) is 0 Å². The number of nitrogens with zero attached hydrogens (tertiary/aromatic N) is 2. The van der Waals surface area contributed by atoms with Gasteiger partial charge in [0.25, 0.3) is 0 Å². The SMILES string of the molecule is CC1CCN(C(N)=NCc2ccc(S(C)=O)cc2)CC1.I. The van der Waals surface area contributed by atoms with E-state index >= 15 is 0 Å². The highest BCUT2D eigenvalue weighted by molar-refractivity contribution is 14.0. The van der Waals surface area contributed by atoms with Crippen LogP contribution < -0.4 is 5.73 Å². The molecule has 0 aliphatic carbocycles. The molecule has 0 aromatic heterocycles. The van der Waals surface area contributed by atoms with Gasteiger partial charge in [0.1, 0.15) is 0 Å². The Labute approximate surface area is 146 Å². The van der Waals surface area contributed by atoms with Crippen LogP contribution in [0.25, 0.3) is 0 Å². The zero-order valence-electron chi connectivity index (χ0n) is 12.6. The molecule has 4 nitrogen and oxygen atoms in total. The van der Waals surface area contributed by atoms with Gasteiger partial charge in [-0.15, -0.1) is 24.0 Å². The Balaban J connectivity index is 0.00000220. The van der Waals surface area contributed by atoms with Crippen molar-refractivity contribution < 1.29 is 4.21 Å². The molecule has 1 aromatic rings. The smallest absolute Gasteiger partial charge is 0.191 e. The lowest BCUT2D eigenvalue weighted by atomic mass is 10.00. The minimum absolute atomic E-state index is 0. The maximum absolute atomic E-state index is 11.3. The van der Waals surface area contributed by atoms with Crippen molar-refractivity contribution in [2.24, 2.45) is 16.6 Å². The number of aliphatic imine (C=N–C) groups is 1. The van der Waals surface area contributed by atoms with Gasteiger partial charge in [-0.25, -0.2) is 4.99 Å². The molecule has 0 saturated carbocycles. The minimum atomic E-state index is -0.926. The molecule has 1 aliphatic heterocycles. The van der Waals surface area contributed by atoms with Crippen molar-refractivity contribution in [2.75, 3.05) is 19.3 Å². The summed E-state index contributed by atoms with van der Waals surface area (Å²) in [6.07, 6.45) is 4.06. The summed E-state index contributed by atoms with van der Waals surface area (Å²) in [6, 6.07) is 7.71. The molecule has 1 atom stereocenters. The van der Waals surface area contributed by atoms with Crippen molar-refractivity contribution in [3.05, 3.63) is 29.8 Å². The fourth-order valence-electron chi connectivity index (χ4n) is 2.30. The summed E-state index contributed by atoms with van der Waals surface area (Å²) in [5.41, 5.74) is 7.14. The number of nitrogens with two attached hydrogens (primary N) is 1. The number of piperidine rings is 1. The summed E-state index contributed by atoms with van der Waals surface area (Å²) in [5, 5.41) is 0. The van der Waals surface area contributed by atoms with Gasteiger partial charge in [-0.2, -0.15) is 0 Å². The zero-order chi connectivity index (χ0) is 14.5. The molecule has 1 aromatic carbocycles. The van der Waals surface area contributed by atoms with Crippen molar-refractivity contribution in [3.8, 4) is 0 Å². The molecular formula is C15H24IN3OS. The van der Waals surface area contributed by atoms with Gasteiger partial charge in [-0.1, -0.05) is 19.1 Å². The lowest BCUT2D eigenvalue weighted by molar-refractivity contribution is 0.277. The molecule has 1 heterocycles. The largest absolute Gasteiger partial charge is 0.370 e. The van der Waals surface area contributed by atoms with E-state index in [2.05, 4.69) is 16.8 Å². The summed E-state index contributed by atoms with van der Waals surface area (Å²) >= 11 is 0. The topological polar surface area (TPSA) is 58.7 Å². The molecule has 1 fully saturated rings. The third-order valence-electron chi connectivity index (χ3n) is 3.79. The predicted molar refractivity (Wildman–Crippen MR) is 99.5 cm³/mol. The van der Waals surface area contributed by atoms with Crippen LogP contribution in [0.2, 0.25) is 0 Å². The van der Waals surface area contributed by atoms with E-state index in [9.17, 15) is 4.21 Å². The highest BCUT2D eigenvalue weighted by Crippen LogP contribution is 2.15. The van der Waals surface area contributed by atoms with Gasteiger partial charge in [0, 0.05) is 35.0 Å². The van der Waals surface area contributed by atoms with E-state index in [-0.39, 0.29) is 24.0 Å². The number of likely N-dealkylation sites (tertiary alicyclic amines) is 1. The Morgan fingerprint density at radius 2 is 1.90 bits per heavy atom. The summed E-state index contributed by atoms with van der Waals surface area (Å²) < 4.78 is 11.3. The Morgan fingerprint density at radius 1 is 1.33 bits per heavy atom. The predicted octanol–water partition coefficient (Wildman–Crippen LogP) is 2.59. The minimum Gasteiger partial charge on any atom is -0.370 e. The first-order valence-electron chi connectivity index (χ1n) is 7.03. The first-order valence-corrected chi connectivity index (χ1v) is 8.59. The maximum atomic E-state index is 11.3. The number of benzene rings is 1. The Kier molecular flexibility index (Phi) is 7.65. The van der Waals surface area contributed by atoms with E-state index in [0.29, 0.717) is 12.5 Å². The third-order valence-corrected chi connectivity index (χ3v) is 4.72. The average Bonchev–Trinajstić information content (AvgIpc) is 2.46. The maximum Gasteiger partial charge on any atom is 0.191 e. The lowest BCUT2D eigenvalue weighted by Crippen LogP contribution is -2.42. The fourth-order valence-corrected chi connectivity index (χ4v) is 2.82. The molecule has 0 radical (unpaired) electrons. The van der Waals surface area contributed by atoms with E-state index in [0.717, 1.165) is 29.5 Å². The van der Waals surface area contributed by atoms with Gasteiger partial charge in [0.15, 0.2) is 5.96 Å². The number of guanidine groups is 1. The van der Waals surface area contributed by atoms with Crippen LogP contribution in [0.3, 0.4) is 0 Å². The highest BCUT2D eigenvalue weighted by atomic mass is 127. The molecular weight excluding hydrogens is 397 g/mol. The van der Waals surface area contributed by atoms with Crippen LogP contribution in [-0.2, 0) is 17.3 Å². The highest BCUT2D eigenvalue weighted by Gasteiger charge is 2.16. The summed E-state index contributed by atoms with van der Waals surface area (Å²) in [6.45, 7) is 4.87. The monoisotopic (exact) mass is 421 g/mol. The molecule has 1 saturated heterocycles. The van der Waals surface area contributed by atoms with Gasteiger partial charge in [-0.05, 0) is 36.5 Å². The normalized spacial score (nSPS) is 18.2. The van der Waals surface area contributed by atoms with Crippen LogP contribution in [0.15, 0.2) is 34.2 Å². The first-order chi connectivity index (χ1) is 9.56. The molecule has 0 bridgehead atoms. The molecule has 2 rings (SSSR count). The third kappa shape index (κ3) is 5.58. The van der Waals surface area contributed by atoms with E-state index in [1.807, 2.05) is 24.3 Å². The van der Waals surface area contributed by atoms with Crippen LogP contribution in [0.5, 0.6) is 0 Å². The van der Waals surface area contributed by atoms with Gasteiger partial charge in [-0.3, -0.25) is 4.21 Å². The molecule has 118 valence electrons. The quantitative estimate of drug-likeness (QED) is 0.464. The lowest BCUT2D eigenvalue weighted by Gasteiger charge is -2.31. The average molecular weight is 421 g/mol. The van der Waals surface area contributed by atoms with Crippen molar-refractivity contribution >= 4 is 40.7 Å². The second-order valence-corrected chi connectivity index (χ2v) is 6.82. The van der Waals surface area contributed by atoms with Crippen LogP contribution in [-0.4, -0.2) is 34.4 Å². The Hall–Kier alpha value is -0.630. The molecule has 21 heavy (non-hydrogen) atoms. The second-order valence-electron chi connectivity index (χ2n) is 5.44. The molecule has 2 N–H and O–H groups in total. The van der Waals surface area contributed by atoms with E-state index in [1.54, 1.807) is 6.26 Å². The van der Waals surface area contributed by atoms with Crippen molar-refractivity contribution in [2.45, 2.75) is 31.2 Å². The van der Waals surface area contributed by atoms with Gasteiger partial charge in [0.05, 0.1) is 6.54 Å². The van der Waals surface area contributed by atoms with E-state index in [4.69, 9.17) is 5.73 Å². The summed E-state index contributed by atoms with van der Waals surface area (Å²) in [5.74, 6) is 1.43. The van der Waals surface area contributed by atoms with Crippen molar-refractivity contribution in [1.82, 2.24) is 4.90 Å². The number of hydrogen-bond donors (Lipinski definition) is 1. The molecule has 0 amide bonds. The standard InChI is InChI=1S/C15H23N3OS.HI/c1-12-7-9-18(10-8-12)15(16)17-11-13-3-5-14(6-4-13)20(2)19;/h3-6,12H,7-11H2,1-2H3,(H2,16,17);1H. The van der Waals surface area contributed by atoms with Crippen molar-refractivity contribution in [3.63, 3.8) is 0 Å². The van der Waals surface area contributed by atoms with E-state index in [1.165, 1.54) is 12.8 Å². The van der Waals surface area contributed by atoms with Gasteiger partial charge < -0.3 is 10.6 Å².